The number of hydrogen-bond acceptors (Lipinski definition) is 6. The molecular weight excluding hydrogens is 332 g/mol. The Labute approximate surface area is 149 Å². The molecule has 1 atom stereocenters. The Bertz CT molecular complexity index is 972. The maximum atomic E-state index is 11.7. The van der Waals surface area contributed by atoms with Crippen molar-refractivity contribution in [2.75, 3.05) is 16.8 Å². The normalized spacial score (nSPS) is 20.0. The molecule has 0 bridgehead atoms. The fourth-order valence-corrected chi connectivity index (χ4v) is 3.56. The van der Waals surface area contributed by atoms with Gasteiger partial charge in [-0.25, -0.2) is 4.52 Å². The zero-order valence-corrected chi connectivity index (χ0v) is 14.2. The Balaban J connectivity index is 1.51. The van der Waals surface area contributed by atoms with E-state index in [9.17, 15) is 4.79 Å². The fraction of sp³-hybridized carbons (Fsp3) is 0.412. The number of hydrogen-bond donors (Lipinski definition) is 3. The van der Waals surface area contributed by atoms with Gasteiger partial charge in [-0.2, -0.15) is 10.1 Å². The summed E-state index contributed by atoms with van der Waals surface area (Å²) in [7, 11) is 0. The first-order valence-electron chi connectivity index (χ1n) is 8.93. The summed E-state index contributed by atoms with van der Waals surface area (Å²) in [6.45, 7) is 0.716. The van der Waals surface area contributed by atoms with E-state index in [1.54, 1.807) is 4.52 Å². The van der Waals surface area contributed by atoms with Crippen molar-refractivity contribution in [2.24, 2.45) is 5.73 Å². The van der Waals surface area contributed by atoms with Crippen LogP contribution in [0, 0.1) is 0 Å². The number of amides is 1. The number of aromatic nitrogens is 5. The Morgan fingerprint density at radius 1 is 1.35 bits per heavy atom. The maximum Gasteiger partial charge on any atom is 0.246 e. The molecule has 1 aliphatic heterocycles. The minimum Gasteiger partial charge on any atom is -0.368 e. The average molecular weight is 352 g/mol. The van der Waals surface area contributed by atoms with Gasteiger partial charge in [0.2, 0.25) is 11.9 Å². The van der Waals surface area contributed by atoms with E-state index in [4.69, 9.17) is 5.73 Å². The smallest absolute Gasteiger partial charge is 0.246 e. The van der Waals surface area contributed by atoms with Crippen LogP contribution in [0.2, 0.25) is 0 Å². The second-order valence-corrected chi connectivity index (χ2v) is 6.96. The number of fused-ring (bicyclic) bond motifs is 1. The average Bonchev–Trinajstić information content (AvgIpc) is 3.06. The molecule has 5 rings (SSSR count). The van der Waals surface area contributed by atoms with Crippen molar-refractivity contribution in [2.45, 2.75) is 37.6 Å². The third kappa shape index (κ3) is 2.56. The molecular formula is C17H20N8O. The summed E-state index contributed by atoms with van der Waals surface area (Å²) in [5.41, 5.74) is 7.54. The van der Waals surface area contributed by atoms with Crippen molar-refractivity contribution in [3.05, 3.63) is 30.1 Å². The third-order valence-corrected chi connectivity index (χ3v) is 5.08. The molecule has 4 heterocycles. The third-order valence-electron chi connectivity index (χ3n) is 5.08. The summed E-state index contributed by atoms with van der Waals surface area (Å²) in [6, 6.07) is 5.52. The lowest BCUT2D eigenvalue weighted by Crippen LogP contribution is -2.41. The van der Waals surface area contributed by atoms with Gasteiger partial charge in [0, 0.05) is 30.4 Å². The van der Waals surface area contributed by atoms with E-state index >= 15 is 0 Å². The molecule has 1 aliphatic carbocycles. The first-order valence-corrected chi connectivity index (χ1v) is 8.93. The topological polar surface area (TPSA) is 117 Å². The van der Waals surface area contributed by atoms with E-state index in [0.717, 1.165) is 29.9 Å². The van der Waals surface area contributed by atoms with Gasteiger partial charge >= 0.3 is 0 Å². The number of aromatic amines is 1. The molecule has 0 unspecified atom stereocenters. The lowest BCUT2D eigenvalue weighted by molar-refractivity contribution is -0.119. The lowest BCUT2D eigenvalue weighted by Gasteiger charge is -2.22. The van der Waals surface area contributed by atoms with Crippen molar-refractivity contribution in [3.8, 4) is 0 Å². The molecule has 2 fully saturated rings. The second-order valence-electron chi connectivity index (χ2n) is 6.96. The molecule has 0 radical (unpaired) electrons. The Hall–Kier alpha value is -3.10. The molecule has 0 aromatic carbocycles. The van der Waals surface area contributed by atoms with E-state index in [2.05, 4.69) is 25.6 Å². The molecule has 134 valence electrons. The predicted octanol–water partition coefficient (Wildman–Crippen LogP) is 1.53. The van der Waals surface area contributed by atoms with Crippen LogP contribution in [0.3, 0.4) is 0 Å². The highest BCUT2D eigenvalue weighted by molar-refractivity contribution is 5.84. The SMILES string of the molecule is NC(=O)[C@@H]1CCCN1c1nc(Nc2cc(C3CC3)[nH]n2)c2cccn2n1. The number of H-pyrrole nitrogens is 1. The molecule has 9 heteroatoms. The highest BCUT2D eigenvalue weighted by Crippen LogP contribution is 2.39. The first-order chi connectivity index (χ1) is 12.7. The molecule has 26 heavy (non-hydrogen) atoms. The predicted molar refractivity (Wildman–Crippen MR) is 96.4 cm³/mol. The highest BCUT2D eigenvalue weighted by Gasteiger charge is 2.32. The number of carbonyl (C=O) groups is 1. The maximum absolute atomic E-state index is 11.7. The number of nitrogens with one attached hydrogen (secondary N) is 2. The molecule has 2 aliphatic rings. The fourth-order valence-electron chi connectivity index (χ4n) is 3.56. The quantitative estimate of drug-likeness (QED) is 0.641. The standard InChI is InChI=1S/C17H20N8O/c18-15(26)12-3-1-7-24(12)17-20-16(13-4-2-8-25(13)23-17)19-14-9-11(21-22-14)10-5-6-10/h2,4,8-10,12H,1,3,5-7H2,(H2,18,26)(H2,19,20,21,22,23)/t12-/m0/s1. The van der Waals surface area contributed by atoms with Crippen LogP contribution in [0.5, 0.6) is 0 Å². The van der Waals surface area contributed by atoms with E-state index in [1.165, 1.54) is 12.8 Å². The second kappa shape index (κ2) is 5.72. The van der Waals surface area contributed by atoms with Gasteiger partial charge < -0.3 is 16.0 Å². The molecule has 3 aromatic rings. The number of rotatable bonds is 5. The summed E-state index contributed by atoms with van der Waals surface area (Å²) in [5, 5.41) is 15.3. The minimum absolute atomic E-state index is 0.338. The van der Waals surface area contributed by atoms with Gasteiger partial charge in [-0.15, -0.1) is 5.10 Å². The van der Waals surface area contributed by atoms with Crippen molar-refractivity contribution < 1.29 is 4.79 Å². The van der Waals surface area contributed by atoms with Crippen LogP contribution in [0.1, 0.15) is 37.3 Å². The van der Waals surface area contributed by atoms with Crippen LogP contribution in [0.25, 0.3) is 5.52 Å². The number of nitrogens with two attached hydrogens (primary N) is 1. The monoisotopic (exact) mass is 352 g/mol. The number of primary amides is 1. The van der Waals surface area contributed by atoms with Crippen LogP contribution in [0.15, 0.2) is 24.4 Å². The van der Waals surface area contributed by atoms with Gasteiger partial charge in [-0.05, 0) is 37.8 Å². The van der Waals surface area contributed by atoms with Gasteiger partial charge in [0.05, 0.1) is 0 Å². The molecule has 4 N–H and O–H groups in total. The van der Waals surface area contributed by atoms with Crippen LogP contribution < -0.4 is 16.0 Å². The summed E-state index contributed by atoms with van der Waals surface area (Å²) < 4.78 is 1.76. The summed E-state index contributed by atoms with van der Waals surface area (Å²) >= 11 is 0. The van der Waals surface area contributed by atoms with Crippen LogP contribution in [-0.2, 0) is 4.79 Å². The molecule has 1 saturated carbocycles. The van der Waals surface area contributed by atoms with Crippen LogP contribution >= 0.6 is 0 Å². The molecule has 3 aromatic heterocycles. The minimum atomic E-state index is -0.359. The molecule has 1 saturated heterocycles. The van der Waals surface area contributed by atoms with E-state index in [0.29, 0.717) is 24.2 Å². The van der Waals surface area contributed by atoms with E-state index in [-0.39, 0.29) is 11.9 Å². The van der Waals surface area contributed by atoms with Gasteiger partial charge in [-0.3, -0.25) is 9.89 Å². The van der Waals surface area contributed by atoms with Crippen molar-refractivity contribution >= 4 is 29.0 Å². The lowest BCUT2D eigenvalue weighted by atomic mass is 10.2. The van der Waals surface area contributed by atoms with Gasteiger partial charge in [0.15, 0.2) is 11.6 Å². The Morgan fingerprint density at radius 3 is 3.04 bits per heavy atom. The summed E-state index contributed by atoms with van der Waals surface area (Å²) in [6.07, 6.45) is 5.92. The van der Waals surface area contributed by atoms with Crippen molar-refractivity contribution in [1.29, 1.82) is 0 Å². The summed E-state index contributed by atoms with van der Waals surface area (Å²) in [4.78, 5) is 18.3. The first kappa shape index (κ1) is 15.2. The van der Waals surface area contributed by atoms with E-state index < -0.39 is 0 Å². The van der Waals surface area contributed by atoms with E-state index in [1.807, 2.05) is 29.3 Å². The van der Waals surface area contributed by atoms with Gasteiger partial charge in [0.1, 0.15) is 11.6 Å². The van der Waals surface area contributed by atoms with Crippen LogP contribution in [0.4, 0.5) is 17.6 Å². The van der Waals surface area contributed by atoms with Crippen molar-refractivity contribution in [1.82, 2.24) is 24.8 Å². The molecule has 9 nitrogen and oxygen atoms in total. The van der Waals surface area contributed by atoms with Gasteiger partial charge in [-0.1, -0.05) is 0 Å². The van der Waals surface area contributed by atoms with Crippen LogP contribution in [-0.4, -0.2) is 43.3 Å². The zero-order chi connectivity index (χ0) is 17.7. The number of anilines is 3. The largest absolute Gasteiger partial charge is 0.368 e. The zero-order valence-electron chi connectivity index (χ0n) is 14.2. The van der Waals surface area contributed by atoms with Gasteiger partial charge in [0.25, 0.3) is 0 Å². The highest BCUT2D eigenvalue weighted by atomic mass is 16.1. The summed E-state index contributed by atoms with van der Waals surface area (Å²) in [5.74, 6) is 2.15. The van der Waals surface area contributed by atoms with Crippen molar-refractivity contribution in [3.63, 3.8) is 0 Å². The Kier molecular flexibility index (Phi) is 3.34. The molecule has 1 amide bonds. The number of nitrogens with zero attached hydrogens (tertiary/aromatic N) is 5. The molecule has 0 spiro atoms. The number of carbonyl (C=O) groups excluding carboxylic acids is 1. The Morgan fingerprint density at radius 2 is 2.23 bits per heavy atom.